The molecule has 3 nitrogen and oxygen atoms in total. The summed E-state index contributed by atoms with van der Waals surface area (Å²) in [5.74, 6) is -0.0932. The molecule has 0 aromatic heterocycles. The number of carbonyl (C=O) groups is 1. The molecule has 0 bridgehead atoms. The number of cyclic esters (lactones) is 1. The smallest absolute Gasteiger partial charge is 0.307 e. The number of benzene rings is 1. The van der Waals surface area contributed by atoms with Gasteiger partial charge in [0.1, 0.15) is 6.10 Å². The van der Waals surface area contributed by atoms with E-state index >= 15 is 0 Å². The maximum absolute atomic E-state index is 11.2. The van der Waals surface area contributed by atoms with Crippen LogP contribution in [0.4, 0.5) is 0 Å². The number of hydrogen-bond acceptors (Lipinski definition) is 3. The molecule has 1 heterocycles. The van der Waals surface area contributed by atoms with Crippen LogP contribution in [0.1, 0.15) is 25.3 Å². The zero-order valence-electron chi connectivity index (χ0n) is 9.48. The normalized spacial score (nSPS) is 25.2. The van der Waals surface area contributed by atoms with Crippen molar-refractivity contribution in [1.82, 2.24) is 5.32 Å². The van der Waals surface area contributed by atoms with Gasteiger partial charge in [-0.2, -0.15) is 0 Å². The lowest BCUT2D eigenvalue weighted by Crippen LogP contribution is -2.39. The Kier molecular flexibility index (Phi) is 3.57. The number of hydrogen-bond donors (Lipinski definition) is 1. The third-order valence-corrected chi connectivity index (χ3v) is 2.80. The topological polar surface area (TPSA) is 38.3 Å². The van der Waals surface area contributed by atoms with Gasteiger partial charge in [-0.1, -0.05) is 30.3 Å². The van der Waals surface area contributed by atoms with Crippen molar-refractivity contribution in [3.63, 3.8) is 0 Å². The van der Waals surface area contributed by atoms with Gasteiger partial charge >= 0.3 is 5.97 Å². The Morgan fingerprint density at radius 2 is 2.12 bits per heavy atom. The van der Waals surface area contributed by atoms with Crippen LogP contribution in [0.2, 0.25) is 0 Å². The molecule has 2 rings (SSSR count). The molecule has 86 valence electrons. The zero-order valence-corrected chi connectivity index (χ0v) is 9.48. The van der Waals surface area contributed by atoms with E-state index < -0.39 is 0 Å². The quantitative estimate of drug-likeness (QED) is 0.789. The highest BCUT2D eigenvalue weighted by atomic mass is 16.5. The van der Waals surface area contributed by atoms with E-state index in [-0.39, 0.29) is 18.1 Å². The maximum Gasteiger partial charge on any atom is 0.307 e. The van der Waals surface area contributed by atoms with Crippen LogP contribution in [0.15, 0.2) is 30.3 Å². The van der Waals surface area contributed by atoms with E-state index in [2.05, 4.69) is 17.4 Å². The summed E-state index contributed by atoms with van der Waals surface area (Å²) in [7, 11) is 0. The van der Waals surface area contributed by atoms with Crippen LogP contribution in [-0.4, -0.2) is 18.1 Å². The van der Waals surface area contributed by atoms with Crippen molar-refractivity contribution in [2.24, 2.45) is 0 Å². The third kappa shape index (κ3) is 3.07. The van der Waals surface area contributed by atoms with Gasteiger partial charge in [0.25, 0.3) is 0 Å². The number of nitrogens with one attached hydrogen (secondary N) is 1. The Morgan fingerprint density at radius 1 is 1.38 bits per heavy atom. The minimum Gasteiger partial charge on any atom is -0.463 e. The third-order valence-electron chi connectivity index (χ3n) is 2.80. The Hall–Kier alpha value is -1.35. The van der Waals surface area contributed by atoms with Crippen LogP contribution < -0.4 is 5.32 Å². The molecular weight excluding hydrogens is 202 g/mol. The van der Waals surface area contributed by atoms with Crippen molar-refractivity contribution >= 4 is 5.97 Å². The second kappa shape index (κ2) is 5.12. The highest BCUT2D eigenvalue weighted by molar-refractivity contribution is 5.71. The first-order valence-electron chi connectivity index (χ1n) is 5.71. The van der Waals surface area contributed by atoms with Crippen LogP contribution >= 0.6 is 0 Å². The fraction of sp³-hybridized carbons (Fsp3) is 0.462. The van der Waals surface area contributed by atoms with Gasteiger partial charge in [-0.3, -0.25) is 4.79 Å². The van der Waals surface area contributed by atoms with E-state index in [1.807, 2.05) is 25.1 Å². The molecule has 0 aliphatic carbocycles. The van der Waals surface area contributed by atoms with Crippen molar-refractivity contribution < 1.29 is 9.53 Å². The minimum absolute atomic E-state index is 0.0366. The first-order valence-corrected chi connectivity index (χ1v) is 5.71. The van der Waals surface area contributed by atoms with E-state index in [0.29, 0.717) is 6.42 Å². The van der Waals surface area contributed by atoms with Crippen molar-refractivity contribution in [2.45, 2.75) is 38.5 Å². The summed E-state index contributed by atoms with van der Waals surface area (Å²) in [4.78, 5) is 11.2. The van der Waals surface area contributed by atoms with Gasteiger partial charge in [0.15, 0.2) is 0 Å². The predicted molar refractivity (Wildman–Crippen MR) is 61.9 cm³/mol. The van der Waals surface area contributed by atoms with Gasteiger partial charge in [-0.15, -0.1) is 0 Å². The maximum atomic E-state index is 11.2. The van der Waals surface area contributed by atoms with E-state index in [1.54, 1.807) is 0 Å². The lowest BCUT2D eigenvalue weighted by molar-refractivity contribution is -0.153. The van der Waals surface area contributed by atoms with Crippen LogP contribution in [0.25, 0.3) is 0 Å². The lowest BCUT2D eigenvalue weighted by atomic mass is 10.0. The van der Waals surface area contributed by atoms with Gasteiger partial charge < -0.3 is 10.1 Å². The van der Waals surface area contributed by atoms with Gasteiger partial charge in [0.2, 0.25) is 0 Å². The van der Waals surface area contributed by atoms with Crippen molar-refractivity contribution in [3.05, 3.63) is 35.9 Å². The lowest BCUT2D eigenvalue weighted by Gasteiger charge is -2.27. The number of rotatable bonds is 3. The SMILES string of the molecule is C[C@@H]1C[C@H](NCc2ccccc2)CC(=O)O1. The van der Waals surface area contributed by atoms with Crippen LogP contribution in [0, 0.1) is 0 Å². The van der Waals surface area contributed by atoms with Gasteiger partial charge in [-0.05, 0) is 12.5 Å². The van der Waals surface area contributed by atoms with Crippen LogP contribution in [0.3, 0.4) is 0 Å². The number of carbonyl (C=O) groups excluding carboxylic acids is 1. The molecule has 1 aromatic rings. The van der Waals surface area contributed by atoms with Crippen molar-refractivity contribution in [1.29, 1.82) is 0 Å². The molecule has 1 N–H and O–H groups in total. The van der Waals surface area contributed by atoms with Crippen LogP contribution in [0.5, 0.6) is 0 Å². The van der Waals surface area contributed by atoms with Gasteiger partial charge in [-0.25, -0.2) is 0 Å². The molecule has 1 aliphatic heterocycles. The average Bonchev–Trinajstić information content (AvgIpc) is 2.27. The van der Waals surface area contributed by atoms with E-state index in [9.17, 15) is 4.79 Å². The number of esters is 1. The Morgan fingerprint density at radius 3 is 2.81 bits per heavy atom. The predicted octanol–water partition coefficient (Wildman–Crippen LogP) is 1.87. The molecule has 0 unspecified atom stereocenters. The second-order valence-electron chi connectivity index (χ2n) is 4.30. The van der Waals surface area contributed by atoms with Crippen molar-refractivity contribution in [3.8, 4) is 0 Å². The molecule has 1 aliphatic rings. The van der Waals surface area contributed by atoms with Crippen molar-refractivity contribution in [2.75, 3.05) is 0 Å². The fourth-order valence-electron chi connectivity index (χ4n) is 2.02. The average molecular weight is 219 g/mol. The number of ether oxygens (including phenoxy) is 1. The monoisotopic (exact) mass is 219 g/mol. The highest BCUT2D eigenvalue weighted by Crippen LogP contribution is 2.15. The summed E-state index contributed by atoms with van der Waals surface area (Å²) in [5.41, 5.74) is 1.24. The van der Waals surface area contributed by atoms with Gasteiger partial charge in [0, 0.05) is 19.0 Å². The minimum atomic E-state index is -0.0932. The first-order chi connectivity index (χ1) is 7.74. The molecule has 0 amide bonds. The molecule has 1 aromatic carbocycles. The molecule has 1 fully saturated rings. The summed E-state index contributed by atoms with van der Waals surface area (Å²) in [6.07, 6.45) is 1.42. The Balaban J connectivity index is 1.84. The molecule has 3 heteroatoms. The Bertz CT molecular complexity index is 350. The molecule has 0 saturated carbocycles. The fourth-order valence-corrected chi connectivity index (χ4v) is 2.02. The molecule has 16 heavy (non-hydrogen) atoms. The Labute approximate surface area is 95.8 Å². The molecule has 0 radical (unpaired) electrons. The largest absolute Gasteiger partial charge is 0.463 e. The molecule has 2 atom stereocenters. The van der Waals surface area contributed by atoms with Crippen LogP contribution in [-0.2, 0) is 16.1 Å². The standard InChI is InChI=1S/C13H17NO2/c1-10-7-12(8-13(15)16-10)14-9-11-5-3-2-4-6-11/h2-6,10,12,14H,7-9H2,1H3/t10-,12+/m1/s1. The molecule has 1 saturated heterocycles. The summed E-state index contributed by atoms with van der Waals surface area (Å²) < 4.78 is 5.09. The zero-order chi connectivity index (χ0) is 11.4. The summed E-state index contributed by atoms with van der Waals surface area (Å²) in [6, 6.07) is 10.5. The summed E-state index contributed by atoms with van der Waals surface area (Å²) >= 11 is 0. The summed E-state index contributed by atoms with van der Waals surface area (Å²) in [5, 5.41) is 3.40. The van der Waals surface area contributed by atoms with E-state index in [0.717, 1.165) is 13.0 Å². The molecule has 0 spiro atoms. The second-order valence-corrected chi connectivity index (χ2v) is 4.30. The van der Waals surface area contributed by atoms with E-state index in [4.69, 9.17) is 4.74 Å². The van der Waals surface area contributed by atoms with Gasteiger partial charge in [0.05, 0.1) is 6.42 Å². The highest BCUT2D eigenvalue weighted by Gasteiger charge is 2.25. The van der Waals surface area contributed by atoms with E-state index in [1.165, 1.54) is 5.56 Å². The summed E-state index contributed by atoms with van der Waals surface area (Å²) in [6.45, 7) is 2.75. The molecular formula is C13H17NO2. The first kappa shape index (κ1) is 11.1.